The number of fused-ring (bicyclic) bond motifs is 3. The maximum atomic E-state index is 14.1. The maximum absolute atomic E-state index is 14.1. The monoisotopic (exact) mass is 504 g/mol. The number of hydrogen-bond acceptors (Lipinski definition) is 8. The minimum Gasteiger partial charge on any atom is -0.490 e. The molecule has 4 aromatic rings. The lowest BCUT2D eigenvalue weighted by molar-refractivity contribution is 0.223. The van der Waals surface area contributed by atoms with Crippen LogP contribution in [-0.4, -0.2) is 28.4 Å². The van der Waals surface area contributed by atoms with Crippen molar-refractivity contribution in [2.24, 2.45) is 0 Å². The fourth-order valence-corrected chi connectivity index (χ4v) is 4.61. The molecule has 1 aliphatic rings. The van der Waals surface area contributed by atoms with Crippen LogP contribution in [0.3, 0.4) is 0 Å². The molecule has 0 unspecified atom stereocenters. The number of thioether (sulfide) groups is 1. The van der Waals surface area contributed by atoms with Gasteiger partial charge in [-0.15, -0.1) is 10.2 Å². The van der Waals surface area contributed by atoms with Gasteiger partial charge in [0.25, 0.3) is 0 Å². The Morgan fingerprint density at radius 1 is 0.944 bits per heavy atom. The van der Waals surface area contributed by atoms with Crippen LogP contribution in [0.2, 0.25) is 0 Å². The Morgan fingerprint density at radius 2 is 1.72 bits per heavy atom. The van der Waals surface area contributed by atoms with Crippen molar-refractivity contribution in [3.05, 3.63) is 83.7 Å². The van der Waals surface area contributed by atoms with Crippen molar-refractivity contribution in [2.75, 3.05) is 18.5 Å². The lowest BCUT2D eigenvalue weighted by atomic mass is 10.1. The molecule has 9 heteroatoms. The van der Waals surface area contributed by atoms with E-state index in [9.17, 15) is 4.39 Å². The van der Waals surface area contributed by atoms with E-state index in [1.807, 2.05) is 56.3 Å². The predicted octanol–water partition coefficient (Wildman–Crippen LogP) is 6.27. The van der Waals surface area contributed by atoms with Gasteiger partial charge in [-0.1, -0.05) is 48.2 Å². The second-order valence-corrected chi connectivity index (χ2v) is 8.83. The Labute approximate surface area is 213 Å². The predicted molar refractivity (Wildman–Crippen MR) is 137 cm³/mol. The average Bonchev–Trinajstić information content (AvgIpc) is 3.06. The first kappa shape index (κ1) is 23.9. The Kier molecular flexibility index (Phi) is 7.18. The SMILES string of the molecule is CCOc1ccc([C@@H]2Nc3ccccc3-c3nnc(SCc4ccccc4F)nc3O2)cc1OCC. The summed E-state index contributed by atoms with van der Waals surface area (Å²) < 4.78 is 32.0. The second-order valence-electron chi connectivity index (χ2n) is 7.89. The summed E-state index contributed by atoms with van der Waals surface area (Å²) >= 11 is 1.30. The number of nitrogens with one attached hydrogen (secondary N) is 1. The normalized spacial score (nSPS) is 14.0. The fraction of sp³-hybridized carbons (Fsp3) is 0.222. The Balaban J connectivity index is 1.49. The third kappa shape index (κ3) is 5.06. The number of halogens is 1. The number of benzene rings is 3. The van der Waals surface area contributed by atoms with Crippen molar-refractivity contribution in [1.29, 1.82) is 0 Å². The first-order valence-corrected chi connectivity index (χ1v) is 12.7. The molecule has 0 radical (unpaired) electrons. The molecular weight excluding hydrogens is 479 g/mol. The third-order valence-corrected chi connectivity index (χ3v) is 6.40. The Hall–Kier alpha value is -3.85. The smallest absolute Gasteiger partial charge is 0.247 e. The van der Waals surface area contributed by atoms with Crippen LogP contribution in [0, 0.1) is 5.82 Å². The topological polar surface area (TPSA) is 78.4 Å². The van der Waals surface area contributed by atoms with Crippen LogP contribution >= 0.6 is 11.8 Å². The molecule has 1 atom stereocenters. The molecule has 3 aromatic carbocycles. The Bertz CT molecular complexity index is 1370. The van der Waals surface area contributed by atoms with Crippen LogP contribution in [0.5, 0.6) is 17.4 Å². The van der Waals surface area contributed by atoms with Crippen LogP contribution in [0.4, 0.5) is 10.1 Å². The van der Waals surface area contributed by atoms with Crippen LogP contribution in [0.15, 0.2) is 71.9 Å². The number of rotatable bonds is 8. The number of anilines is 1. The van der Waals surface area contributed by atoms with Crippen molar-refractivity contribution in [2.45, 2.75) is 31.0 Å². The standard InChI is InChI=1S/C27H25FN4O3S/c1-3-33-22-14-13-17(15-23(22)34-4-2)25-29-21-12-8-6-10-19(21)24-26(35-25)30-27(32-31-24)36-16-18-9-5-7-11-20(18)28/h5-15,25,29H,3-4,16H2,1-2H3/t25-/m1/s1. The molecule has 0 saturated carbocycles. The zero-order chi connectivity index (χ0) is 24.9. The molecule has 0 fully saturated rings. The van der Waals surface area contributed by atoms with Crippen molar-refractivity contribution in [3.63, 3.8) is 0 Å². The van der Waals surface area contributed by atoms with Gasteiger partial charge >= 0.3 is 0 Å². The van der Waals surface area contributed by atoms with E-state index >= 15 is 0 Å². The molecule has 0 bridgehead atoms. The highest BCUT2D eigenvalue weighted by Gasteiger charge is 2.27. The van der Waals surface area contributed by atoms with Crippen LogP contribution in [-0.2, 0) is 5.75 Å². The number of ether oxygens (including phenoxy) is 3. The van der Waals surface area contributed by atoms with Crippen LogP contribution < -0.4 is 19.5 Å². The van der Waals surface area contributed by atoms with E-state index in [4.69, 9.17) is 14.2 Å². The number of aromatic nitrogens is 3. The summed E-state index contributed by atoms with van der Waals surface area (Å²) in [6.07, 6.45) is -0.566. The van der Waals surface area contributed by atoms with Crippen LogP contribution in [0.1, 0.15) is 31.2 Å². The second kappa shape index (κ2) is 10.8. The molecule has 184 valence electrons. The quantitative estimate of drug-likeness (QED) is 0.281. The summed E-state index contributed by atoms with van der Waals surface area (Å²) in [4.78, 5) is 4.65. The van der Waals surface area contributed by atoms with E-state index in [2.05, 4.69) is 20.5 Å². The maximum Gasteiger partial charge on any atom is 0.247 e. The molecule has 0 spiro atoms. The first-order chi connectivity index (χ1) is 17.7. The Morgan fingerprint density at radius 3 is 2.56 bits per heavy atom. The van der Waals surface area contributed by atoms with Gasteiger partial charge in [0.2, 0.25) is 11.0 Å². The summed E-state index contributed by atoms with van der Waals surface area (Å²) in [6.45, 7) is 4.91. The van der Waals surface area contributed by atoms with Crippen LogP contribution in [0.25, 0.3) is 11.3 Å². The lowest BCUT2D eigenvalue weighted by Gasteiger charge is -2.21. The molecular formula is C27H25FN4O3S. The van der Waals surface area contributed by atoms with E-state index in [-0.39, 0.29) is 5.82 Å². The molecule has 1 aromatic heterocycles. The zero-order valence-corrected chi connectivity index (χ0v) is 20.7. The van der Waals surface area contributed by atoms with Crippen molar-refractivity contribution >= 4 is 17.4 Å². The minimum absolute atomic E-state index is 0.261. The lowest BCUT2D eigenvalue weighted by Crippen LogP contribution is -2.17. The summed E-state index contributed by atoms with van der Waals surface area (Å²) in [6, 6.07) is 20.1. The summed E-state index contributed by atoms with van der Waals surface area (Å²) in [7, 11) is 0. The minimum atomic E-state index is -0.566. The number of nitrogens with zero attached hydrogens (tertiary/aromatic N) is 3. The van der Waals surface area contributed by atoms with Crippen molar-refractivity contribution in [1.82, 2.24) is 15.2 Å². The van der Waals surface area contributed by atoms with Crippen molar-refractivity contribution < 1.29 is 18.6 Å². The molecule has 5 rings (SSSR count). The molecule has 36 heavy (non-hydrogen) atoms. The summed E-state index contributed by atoms with van der Waals surface area (Å²) in [5, 5.41) is 12.6. The first-order valence-electron chi connectivity index (χ1n) is 11.7. The van der Waals surface area contributed by atoms with E-state index in [1.165, 1.54) is 17.8 Å². The van der Waals surface area contributed by atoms with Gasteiger partial charge in [0.05, 0.1) is 13.2 Å². The highest BCUT2D eigenvalue weighted by Crippen LogP contribution is 2.41. The summed E-state index contributed by atoms with van der Waals surface area (Å²) in [5.74, 6) is 1.77. The fourth-order valence-electron chi connectivity index (χ4n) is 3.85. The molecule has 2 heterocycles. The molecule has 0 amide bonds. The average molecular weight is 505 g/mol. The third-order valence-electron chi connectivity index (χ3n) is 5.52. The molecule has 7 nitrogen and oxygen atoms in total. The van der Waals surface area contributed by atoms with Gasteiger partial charge in [0, 0.05) is 22.6 Å². The molecule has 0 aliphatic carbocycles. The van der Waals surface area contributed by atoms with E-state index in [0.29, 0.717) is 52.8 Å². The molecule has 0 saturated heterocycles. The van der Waals surface area contributed by atoms with Gasteiger partial charge in [0.1, 0.15) is 5.82 Å². The van der Waals surface area contributed by atoms with Crippen molar-refractivity contribution in [3.8, 4) is 28.6 Å². The number of hydrogen-bond donors (Lipinski definition) is 1. The highest BCUT2D eigenvalue weighted by molar-refractivity contribution is 7.98. The van der Waals surface area contributed by atoms with E-state index in [0.717, 1.165) is 16.8 Å². The largest absolute Gasteiger partial charge is 0.490 e. The summed E-state index contributed by atoms with van der Waals surface area (Å²) in [5.41, 5.74) is 3.62. The molecule has 1 aliphatic heterocycles. The van der Waals surface area contributed by atoms with Gasteiger partial charge in [-0.25, -0.2) is 4.39 Å². The highest BCUT2D eigenvalue weighted by atomic mass is 32.2. The van der Waals surface area contributed by atoms with Gasteiger partial charge in [-0.05, 0) is 49.7 Å². The van der Waals surface area contributed by atoms with E-state index in [1.54, 1.807) is 18.2 Å². The van der Waals surface area contributed by atoms with Gasteiger partial charge in [-0.2, -0.15) is 4.98 Å². The van der Waals surface area contributed by atoms with E-state index < -0.39 is 6.23 Å². The molecule has 1 N–H and O–H groups in total. The zero-order valence-electron chi connectivity index (χ0n) is 19.9. The van der Waals surface area contributed by atoms with Gasteiger partial charge in [0.15, 0.2) is 23.4 Å². The van der Waals surface area contributed by atoms with Gasteiger partial charge in [-0.3, -0.25) is 0 Å². The van der Waals surface area contributed by atoms with Gasteiger partial charge < -0.3 is 19.5 Å². The number of para-hydroxylation sites is 1.